The zero-order valence-corrected chi connectivity index (χ0v) is 8.16. The molecule has 1 fully saturated rings. The molecule has 1 aliphatic rings. The van der Waals surface area contributed by atoms with Gasteiger partial charge in [0.2, 0.25) is 0 Å². The van der Waals surface area contributed by atoms with Crippen LogP contribution in [-0.4, -0.2) is 19.2 Å². The quantitative estimate of drug-likeness (QED) is 0.738. The van der Waals surface area contributed by atoms with Gasteiger partial charge in [-0.1, -0.05) is 12.1 Å². The van der Waals surface area contributed by atoms with Crippen molar-refractivity contribution in [2.24, 2.45) is 0 Å². The maximum atomic E-state index is 12.7. The molecule has 1 aromatic rings. The standard InChI is InChI=1S/C11H14FNO/c1-8-6-13-7-11(14-8)9-2-4-10(12)5-3-9/h2-5,8,11,13H,6-7H2,1H3/t8-,11-/m1/s1. The summed E-state index contributed by atoms with van der Waals surface area (Å²) < 4.78 is 18.4. The van der Waals surface area contributed by atoms with Crippen LogP contribution >= 0.6 is 0 Å². The highest BCUT2D eigenvalue weighted by Gasteiger charge is 2.19. The second kappa shape index (κ2) is 4.07. The van der Waals surface area contributed by atoms with E-state index >= 15 is 0 Å². The first-order valence-electron chi connectivity index (χ1n) is 4.87. The van der Waals surface area contributed by atoms with Gasteiger partial charge in [0, 0.05) is 13.1 Å². The summed E-state index contributed by atoms with van der Waals surface area (Å²) in [5.41, 5.74) is 1.03. The third-order valence-corrected chi connectivity index (χ3v) is 2.40. The number of ether oxygens (including phenoxy) is 1. The highest BCUT2D eigenvalue weighted by molar-refractivity contribution is 5.19. The molecule has 0 unspecified atom stereocenters. The number of nitrogens with one attached hydrogen (secondary N) is 1. The third kappa shape index (κ3) is 2.11. The lowest BCUT2D eigenvalue weighted by Gasteiger charge is -2.29. The Balaban J connectivity index is 2.10. The topological polar surface area (TPSA) is 21.3 Å². The maximum Gasteiger partial charge on any atom is 0.123 e. The number of hydrogen-bond acceptors (Lipinski definition) is 2. The Bertz CT molecular complexity index is 299. The van der Waals surface area contributed by atoms with Gasteiger partial charge in [-0.25, -0.2) is 4.39 Å². The van der Waals surface area contributed by atoms with E-state index in [2.05, 4.69) is 5.32 Å². The molecule has 2 atom stereocenters. The summed E-state index contributed by atoms with van der Waals surface area (Å²) >= 11 is 0. The van der Waals surface area contributed by atoms with Crippen molar-refractivity contribution in [3.05, 3.63) is 35.6 Å². The summed E-state index contributed by atoms with van der Waals surface area (Å²) in [5, 5.41) is 3.28. The van der Waals surface area contributed by atoms with Crippen LogP contribution < -0.4 is 5.32 Å². The molecule has 0 bridgehead atoms. The summed E-state index contributed by atoms with van der Waals surface area (Å²) in [6, 6.07) is 6.50. The minimum Gasteiger partial charge on any atom is -0.368 e. The van der Waals surface area contributed by atoms with Gasteiger partial charge in [-0.15, -0.1) is 0 Å². The van der Waals surface area contributed by atoms with Crippen molar-refractivity contribution in [1.29, 1.82) is 0 Å². The highest BCUT2D eigenvalue weighted by atomic mass is 19.1. The summed E-state index contributed by atoms with van der Waals surface area (Å²) in [6.07, 6.45) is 0.276. The Hall–Kier alpha value is -0.930. The summed E-state index contributed by atoms with van der Waals surface area (Å²) in [7, 11) is 0. The molecule has 3 heteroatoms. The fourth-order valence-corrected chi connectivity index (χ4v) is 1.67. The van der Waals surface area contributed by atoms with Gasteiger partial charge < -0.3 is 10.1 Å². The van der Waals surface area contributed by atoms with E-state index in [9.17, 15) is 4.39 Å². The first-order chi connectivity index (χ1) is 6.75. The molecular weight excluding hydrogens is 181 g/mol. The van der Waals surface area contributed by atoms with Gasteiger partial charge in [-0.3, -0.25) is 0 Å². The van der Waals surface area contributed by atoms with Crippen molar-refractivity contribution < 1.29 is 9.13 Å². The lowest BCUT2D eigenvalue weighted by atomic mass is 10.1. The lowest BCUT2D eigenvalue weighted by Crippen LogP contribution is -2.38. The number of hydrogen-bond donors (Lipinski definition) is 1. The van der Waals surface area contributed by atoms with Crippen LogP contribution in [0.2, 0.25) is 0 Å². The fraction of sp³-hybridized carbons (Fsp3) is 0.455. The van der Waals surface area contributed by atoms with Crippen LogP contribution in [0.4, 0.5) is 4.39 Å². The Labute approximate surface area is 83.1 Å². The Morgan fingerprint density at radius 3 is 2.64 bits per heavy atom. The van der Waals surface area contributed by atoms with Crippen molar-refractivity contribution in [3.63, 3.8) is 0 Å². The molecule has 1 N–H and O–H groups in total. The fourth-order valence-electron chi connectivity index (χ4n) is 1.67. The molecule has 76 valence electrons. The first-order valence-corrected chi connectivity index (χ1v) is 4.87. The van der Waals surface area contributed by atoms with Gasteiger partial charge in [0.15, 0.2) is 0 Å². The molecule has 1 aromatic carbocycles. The smallest absolute Gasteiger partial charge is 0.123 e. The van der Waals surface area contributed by atoms with Crippen LogP contribution in [0.1, 0.15) is 18.6 Å². The SMILES string of the molecule is C[C@@H]1CNC[C@H](c2ccc(F)cc2)O1. The Kier molecular flexibility index (Phi) is 2.79. The molecule has 1 aliphatic heterocycles. The van der Waals surface area contributed by atoms with Crippen molar-refractivity contribution in [3.8, 4) is 0 Å². The van der Waals surface area contributed by atoms with Gasteiger partial charge in [0.1, 0.15) is 5.82 Å². The van der Waals surface area contributed by atoms with Crippen LogP contribution in [-0.2, 0) is 4.74 Å². The largest absolute Gasteiger partial charge is 0.368 e. The molecule has 14 heavy (non-hydrogen) atoms. The van der Waals surface area contributed by atoms with Crippen molar-refractivity contribution in [2.45, 2.75) is 19.1 Å². The lowest BCUT2D eigenvalue weighted by molar-refractivity contribution is -0.0287. The van der Waals surface area contributed by atoms with Crippen LogP contribution in [0, 0.1) is 5.82 Å². The first kappa shape index (κ1) is 9.62. The second-order valence-corrected chi connectivity index (χ2v) is 3.65. The normalized spacial score (nSPS) is 27.6. The third-order valence-electron chi connectivity index (χ3n) is 2.40. The predicted molar refractivity (Wildman–Crippen MR) is 52.6 cm³/mol. The molecule has 0 saturated carbocycles. The van der Waals surface area contributed by atoms with Gasteiger partial charge in [-0.2, -0.15) is 0 Å². The van der Waals surface area contributed by atoms with E-state index in [0.29, 0.717) is 0 Å². The zero-order valence-electron chi connectivity index (χ0n) is 8.16. The van der Waals surface area contributed by atoms with E-state index in [4.69, 9.17) is 4.74 Å². The average molecular weight is 195 g/mol. The summed E-state index contributed by atoms with van der Waals surface area (Å²) in [6.45, 7) is 3.72. The van der Waals surface area contributed by atoms with Crippen molar-refractivity contribution in [2.75, 3.05) is 13.1 Å². The predicted octanol–water partition coefficient (Wildman–Crippen LogP) is 1.88. The Morgan fingerprint density at radius 2 is 2.00 bits per heavy atom. The molecule has 0 aliphatic carbocycles. The highest BCUT2D eigenvalue weighted by Crippen LogP contribution is 2.21. The number of morpholine rings is 1. The molecule has 2 rings (SSSR count). The molecule has 0 radical (unpaired) electrons. The van der Waals surface area contributed by atoms with Gasteiger partial charge in [-0.05, 0) is 24.6 Å². The minimum absolute atomic E-state index is 0.0550. The van der Waals surface area contributed by atoms with Gasteiger partial charge in [0.25, 0.3) is 0 Å². The second-order valence-electron chi connectivity index (χ2n) is 3.65. The summed E-state index contributed by atoms with van der Waals surface area (Å²) in [4.78, 5) is 0. The number of benzene rings is 1. The molecule has 0 aromatic heterocycles. The average Bonchev–Trinajstić information content (AvgIpc) is 2.19. The van der Waals surface area contributed by atoms with Gasteiger partial charge in [0.05, 0.1) is 12.2 Å². The molecule has 0 spiro atoms. The molecule has 1 heterocycles. The van der Waals surface area contributed by atoms with Crippen molar-refractivity contribution in [1.82, 2.24) is 5.32 Å². The molecule has 0 amide bonds. The van der Waals surface area contributed by atoms with E-state index in [1.54, 1.807) is 12.1 Å². The van der Waals surface area contributed by atoms with E-state index in [1.165, 1.54) is 12.1 Å². The monoisotopic (exact) mass is 195 g/mol. The minimum atomic E-state index is -0.203. The summed E-state index contributed by atoms with van der Waals surface area (Å²) in [5.74, 6) is -0.203. The molecule has 2 nitrogen and oxygen atoms in total. The van der Waals surface area contributed by atoms with Crippen LogP contribution in [0.25, 0.3) is 0 Å². The van der Waals surface area contributed by atoms with E-state index in [0.717, 1.165) is 18.7 Å². The maximum absolute atomic E-state index is 12.7. The Morgan fingerprint density at radius 1 is 1.29 bits per heavy atom. The van der Waals surface area contributed by atoms with Crippen molar-refractivity contribution >= 4 is 0 Å². The van der Waals surface area contributed by atoms with Crippen LogP contribution in [0.15, 0.2) is 24.3 Å². The van der Waals surface area contributed by atoms with Gasteiger partial charge >= 0.3 is 0 Å². The number of rotatable bonds is 1. The number of halogens is 1. The van der Waals surface area contributed by atoms with E-state index in [1.807, 2.05) is 6.92 Å². The molecule has 1 saturated heterocycles. The molecular formula is C11H14FNO. The van der Waals surface area contributed by atoms with Crippen LogP contribution in [0.5, 0.6) is 0 Å². The van der Waals surface area contributed by atoms with E-state index in [-0.39, 0.29) is 18.0 Å². The van der Waals surface area contributed by atoms with E-state index < -0.39 is 0 Å². The zero-order chi connectivity index (χ0) is 9.97. The van der Waals surface area contributed by atoms with Crippen LogP contribution in [0.3, 0.4) is 0 Å².